The second-order valence-corrected chi connectivity index (χ2v) is 9.75. The molecule has 0 aliphatic carbocycles. The van der Waals surface area contributed by atoms with E-state index >= 15 is 0 Å². The first-order valence-corrected chi connectivity index (χ1v) is 13.2. The van der Waals surface area contributed by atoms with Gasteiger partial charge in [-0.25, -0.2) is 13.8 Å². The minimum atomic E-state index is -2.74. The van der Waals surface area contributed by atoms with Gasteiger partial charge in [0.25, 0.3) is 6.43 Å². The van der Waals surface area contributed by atoms with Gasteiger partial charge in [0.1, 0.15) is 11.6 Å². The van der Waals surface area contributed by atoms with Crippen molar-refractivity contribution >= 4 is 53.3 Å². The molecule has 2 aromatic heterocycles. The first-order chi connectivity index (χ1) is 18.7. The third-order valence-electron chi connectivity index (χ3n) is 7.33. The Morgan fingerprint density at radius 1 is 0.825 bits per heavy atom. The van der Waals surface area contributed by atoms with Crippen molar-refractivity contribution in [2.45, 2.75) is 19.3 Å². The van der Waals surface area contributed by atoms with Gasteiger partial charge in [0.2, 0.25) is 5.95 Å². The molecule has 4 aromatic rings. The number of nitrogens with zero attached hydrogens (tertiary/aromatic N) is 6. The second-order valence-electron chi connectivity index (χ2n) is 9.75. The van der Waals surface area contributed by atoms with Crippen molar-refractivity contribution in [2.24, 2.45) is 5.92 Å². The second kappa shape index (κ2) is 13.4. The first kappa shape index (κ1) is 29.8. The van der Waals surface area contributed by atoms with E-state index in [1.807, 2.05) is 12.1 Å². The Bertz CT molecular complexity index is 1380. The topological polar surface area (TPSA) is 71.3 Å². The molecule has 2 saturated heterocycles. The fraction of sp³-hybridized carbons (Fsp3) is 0.393. The standard InChI is InChI=1S/C28H31F2N7O.2ClH/c29-26(30)27-32-22-8-4-5-9-23(22)37(27)25-18-24(36-14-16-38-17-15-36)33-28(34-25)31-19-20-10-12-35(13-11-20)21-6-2-1-3-7-21;;/h1-9,18,20,26H,10-17,19H2,(H,31,33,34);2*1H. The Morgan fingerprint density at radius 2 is 1.50 bits per heavy atom. The molecule has 0 atom stereocenters. The van der Waals surface area contributed by atoms with E-state index in [4.69, 9.17) is 14.7 Å². The molecule has 1 N–H and O–H groups in total. The molecule has 214 valence electrons. The van der Waals surface area contributed by atoms with Gasteiger partial charge in [0, 0.05) is 44.5 Å². The van der Waals surface area contributed by atoms with Crippen LogP contribution >= 0.6 is 24.8 Å². The monoisotopic (exact) mass is 591 g/mol. The van der Waals surface area contributed by atoms with Gasteiger partial charge in [-0.2, -0.15) is 9.97 Å². The summed E-state index contributed by atoms with van der Waals surface area (Å²) in [6.45, 7) is 5.27. The van der Waals surface area contributed by atoms with Crippen LogP contribution in [0.2, 0.25) is 0 Å². The number of benzene rings is 2. The number of fused-ring (bicyclic) bond motifs is 1. The average Bonchev–Trinajstić information content (AvgIpc) is 3.37. The van der Waals surface area contributed by atoms with Crippen LogP contribution in [-0.2, 0) is 4.74 Å². The SMILES string of the molecule is Cl.Cl.FC(F)c1nc2ccccc2n1-c1cc(N2CCOCC2)nc(NCC2CCN(c3ccccc3)CC2)n1. The largest absolute Gasteiger partial charge is 0.378 e. The van der Waals surface area contributed by atoms with Crippen molar-refractivity contribution in [1.29, 1.82) is 0 Å². The van der Waals surface area contributed by atoms with Crippen LogP contribution in [0.25, 0.3) is 16.9 Å². The lowest BCUT2D eigenvalue weighted by Crippen LogP contribution is -2.37. The molecule has 0 amide bonds. The lowest BCUT2D eigenvalue weighted by molar-refractivity contribution is 0.122. The summed E-state index contributed by atoms with van der Waals surface area (Å²) in [5, 5.41) is 3.43. The normalized spacial score (nSPS) is 16.1. The molecule has 0 radical (unpaired) electrons. The number of alkyl halides is 2. The Labute approximate surface area is 244 Å². The molecule has 0 saturated carbocycles. The van der Waals surface area contributed by atoms with Crippen molar-refractivity contribution in [3.63, 3.8) is 0 Å². The quantitative estimate of drug-likeness (QED) is 0.293. The lowest BCUT2D eigenvalue weighted by atomic mass is 9.96. The summed E-state index contributed by atoms with van der Waals surface area (Å²) in [6.07, 6.45) is -0.630. The molecule has 40 heavy (non-hydrogen) atoms. The maximum atomic E-state index is 14.1. The van der Waals surface area contributed by atoms with Crippen LogP contribution in [0.5, 0.6) is 0 Å². The van der Waals surface area contributed by atoms with Crippen LogP contribution < -0.4 is 15.1 Å². The van der Waals surface area contributed by atoms with Crippen LogP contribution in [0.15, 0.2) is 60.7 Å². The maximum Gasteiger partial charge on any atom is 0.296 e. The number of morpholine rings is 1. The molecule has 6 rings (SSSR count). The van der Waals surface area contributed by atoms with Gasteiger partial charge in [-0.15, -0.1) is 24.8 Å². The molecule has 4 heterocycles. The van der Waals surface area contributed by atoms with Crippen LogP contribution in [0.1, 0.15) is 25.1 Å². The summed E-state index contributed by atoms with van der Waals surface area (Å²) in [4.78, 5) is 18.2. The Hall–Kier alpha value is -3.21. The molecule has 2 aliphatic rings. The fourth-order valence-corrected chi connectivity index (χ4v) is 5.27. The molecule has 2 fully saturated rings. The third kappa shape index (κ3) is 6.40. The molecule has 0 unspecified atom stereocenters. The third-order valence-corrected chi connectivity index (χ3v) is 7.33. The number of imidazole rings is 1. The van der Waals surface area contributed by atoms with Crippen molar-refractivity contribution in [2.75, 3.05) is 61.1 Å². The number of nitrogens with one attached hydrogen (secondary N) is 1. The van der Waals surface area contributed by atoms with E-state index in [-0.39, 0.29) is 30.6 Å². The van der Waals surface area contributed by atoms with Gasteiger partial charge < -0.3 is 19.9 Å². The highest BCUT2D eigenvalue weighted by atomic mass is 35.5. The van der Waals surface area contributed by atoms with Crippen molar-refractivity contribution in [3.8, 4) is 5.82 Å². The number of aromatic nitrogens is 4. The highest BCUT2D eigenvalue weighted by molar-refractivity contribution is 5.85. The van der Waals surface area contributed by atoms with Crippen LogP contribution in [-0.4, -0.2) is 65.5 Å². The summed E-state index contributed by atoms with van der Waals surface area (Å²) < 4.78 is 35.1. The maximum absolute atomic E-state index is 14.1. The number of rotatable bonds is 7. The zero-order chi connectivity index (χ0) is 25.9. The molecular weight excluding hydrogens is 559 g/mol. The van der Waals surface area contributed by atoms with Gasteiger partial charge in [-0.1, -0.05) is 30.3 Å². The van der Waals surface area contributed by atoms with Crippen molar-refractivity contribution < 1.29 is 13.5 Å². The molecule has 2 aromatic carbocycles. The highest BCUT2D eigenvalue weighted by Crippen LogP contribution is 2.30. The summed E-state index contributed by atoms with van der Waals surface area (Å²) in [5.41, 5.74) is 2.36. The molecule has 12 heteroatoms. The number of halogens is 4. The summed E-state index contributed by atoms with van der Waals surface area (Å²) in [6, 6.07) is 19.4. The van der Waals surface area contributed by atoms with E-state index in [0.717, 1.165) is 32.5 Å². The van der Waals surface area contributed by atoms with Gasteiger partial charge in [-0.3, -0.25) is 4.57 Å². The molecule has 2 aliphatic heterocycles. The van der Waals surface area contributed by atoms with Crippen molar-refractivity contribution in [3.05, 3.63) is 66.5 Å². The van der Waals surface area contributed by atoms with Crippen LogP contribution in [0, 0.1) is 5.92 Å². The Morgan fingerprint density at radius 3 is 2.23 bits per heavy atom. The minimum Gasteiger partial charge on any atom is -0.378 e. The number of ether oxygens (including phenoxy) is 1. The number of anilines is 3. The van der Waals surface area contributed by atoms with E-state index in [9.17, 15) is 8.78 Å². The Balaban J connectivity index is 0.00000185. The van der Waals surface area contributed by atoms with E-state index in [2.05, 4.69) is 44.4 Å². The van der Waals surface area contributed by atoms with Crippen LogP contribution in [0.3, 0.4) is 0 Å². The minimum absolute atomic E-state index is 0. The number of hydrogen-bond acceptors (Lipinski definition) is 7. The number of hydrogen-bond donors (Lipinski definition) is 1. The predicted octanol–water partition coefficient (Wildman–Crippen LogP) is 5.76. The molecular formula is C28H33Cl2F2N7O. The Kier molecular flexibility index (Phi) is 9.99. The van der Waals surface area contributed by atoms with Crippen LogP contribution in [0.4, 0.5) is 26.2 Å². The van der Waals surface area contributed by atoms with E-state index < -0.39 is 6.43 Å². The van der Waals surface area contributed by atoms with Gasteiger partial charge in [-0.05, 0) is 43.0 Å². The zero-order valence-electron chi connectivity index (χ0n) is 22.0. The van der Waals surface area contributed by atoms with E-state index in [1.165, 1.54) is 10.3 Å². The van der Waals surface area contributed by atoms with Gasteiger partial charge in [0.15, 0.2) is 5.82 Å². The molecule has 0 bridgehead atoms. The van der Waals surface area contributed by atoms with E-state index in [0.29, 0.717) is 60.8 Å². The highest BCUT2D eigenvalue weighted by Gasteiger charge is 2.24. The number of piperidine rings is 1. The smallest absolute Gasteiger partial charge is 0.296 e. The zero-order valence-corrected chi connectivity index (χ0v) is 23.6. The van der Waals surface area contributed by atoms with Gasteiger partial charge >= 0.3 is 0 Å². The molecule has 0 spiro atoms. The number of para-hydroxylation sites is 3. The predicted molar refractivity (Wildman–Crippen MR) is 159 cm³/mol. The average molecular weight is 593 g/mol. The van der Waals surface area contributed by atoms with Crippen molar-refractivity contribution in [1.82, 2.24) is 19.5 Å². The van der Waals surface area contributed by atoms with E-state index in [1.54, 1.807) is 24.3 Å². The summed E-state index contributed by atoms with van der Waals surface area (Å²) >= 11 is 0. The lowest BCUT2D eigenvalue weighted by Gasteiger charge is -2.33. The summed E-state index contributed by atoms with van der Waals surface area (Å²) in [7, 11) is 0. The summed E-state index contributed by atoms with van der Waals surface area (Å²) in [5.74, 6) is 1.66. The van der Waals surface area contributed by atoms with Gasteiger partial charge in [0.05, 0.1) is 24.2 Å². The first-order valence-electron chi connectivity index (χ1n) is 13.2. The molecule has 8 nitrogen and oxygen atoms in total. The fourth-order valence-electron chi connectivity index (χ4n) is 5.27.